The standard InChI is InChI=1S/C13H16O5/c1-3-11(14)18-13(16)10-8-6-5-7-9(10)12(15)17-4-2/h5-8,11,14H,3-4H2,1-2H3. The minimum Gasteiger partial charge on any atom is -0.462 e. The van der Waals surface area contributed by atoms with Gasteiger partial charge in [0, 0.05) is 6.42 Å². The Hall–Kier alpha value is -1.88. The molecule has 1 N–H and O–H groups in total. The van der Waals surface area contributed by atoms with Crippen LogP contribution in [0.5, 0.6) is 0 Å². The number of hydrogen-bond acceptors (Lipinski definition) is 5. The molecule has 5 nitrogen and oxygen atoms in total. The fourth-order valence-electron chi connectivity index (χ4n) is 1.32. The first-order valence-corrected chi connectivity index (χ1v) is 5.75. The van der Waals surface area contributed by atoms with Gasteiger partial charge in [0.25, 0.3) is 0 Å². The van der Waals surface area contributed by atoms with Crippen molar-refractivity contribution in [3.05, 3.63) is 35.4 Å². The van der Waals surface area contributed by atoms with Gasteiger partial charge < -0.3 is 14.6 Å². The molecule has 0 spiro atoms. The van der Waals surface area contributed by atoms with Gasteiger partial charge in [-0.05, 0) is 19.1 Å². The maximum Gasteiger partial charge on any atom is 0.341 e. The molecule has 1 atom stereocenters. The number of rotatable bonds is 5. The Kier molecular flexibility index (Phi) is 5.32. The van der Waals surface area contributed by atoms with Gasteiger partial charge in [0.2, 0.25) is 6.29 Å². The highest BCUT2D eigenvalue weighted by Gasteiger charge is 2.20. The van der Waals surface area contributed by atoms with Crippen molar-refractivity contribution in [3.63, 3.8) is 0 Å². The summed E-state index contributed by atoms with van der Waals surface area (Å²) in [6.45, 7) is 3.58. The van der Waals surface area contributed by atoms with Crippen LogP contribution in [0.15, 0.2) is 24.3 Å². The molecule has 1 aromatic carbocycles. The van der Waals surface area contributed by atoms with Crippen LogP contribution in [-0.2, 0) is 9.47 Å². The summed E-state index contributed by atoms with van der Waals surface area (Å²) >= 11 is 0. The molecule has 0 saturated carbocycles. The van der Waals surface area contributed by atoms with Crippen LogP contribution < -0.4 is 0 Å². The smallest absolute Gasteiger partial charge is 0.341 e. The maximum atomic E-state index is 11.8. The third-order valence-electron chi connectivity index (χ3n) is 2.23. The molecule has 0 saturated heterocycles. The van der Waals surface area contributed by atoms with Gasteiger partial charge in [-0.25, -0.2) is 9.59 Å². The second-order valence-corrected chi connectivity index (χ2v) is 3.53. The normalized spacial score (nSPS) is 11.7. The van der Waals surface area contributed by atoms with E-state index < -0.39 is 18.2 Å². The van der Waals surface area contributed by atoms with Crippen LogP contribution in [0.3, 0.4) is 0 Å². The molecule has 1 aromatic rings. The number of ether oxygens (including phenoxy) is 2. The molecule has 0 aliphatic rings. The van der Waals surface area contributed by atoms with Crippen molar-refractivity contribution in [2.45, 2.75) is 26.6 Å². The molecular weight excluding hydrogens is 236 g/mol. The number of esters is 2. The lowest BCUT2D eigenvalue weighted by Crippen LogP contribution is -2.19. The van der Waals surface area contributed by atoms with E-state index in [1.807, 2.05) is 0 Å². The third-order valence-corrected chi connectivity index (χ3v) is 2.23. The van der Waals surface area contributed by atoms with Crippen molar-refractivity contribution in [1.82, 2.24) is 0 Å². The summed E-state index contributed by atoms with van der Waals surface area (Å²) in [5, 5.41) is 9.26. The third kappa shape index (κ3) is 3.56. The fraction of sp³-hybridized carbons (Fsp3) is 0.385. The topological polar surface area (TPSA) is 72.8 Å². The molecule has 18 heavy (non-hydrogen) atoms. The van der Waals surface area contributed by atoms with E-state index in [9.17, 15) is 14.7 Å². The van der Waals surface area contributed by atoms with E-state index in [-0.39, 0.29) is 24.2 Å². The van der Waals surface area contributed by atoms with Crippen molar-refractivity contribution in [2.75, 3.05) is 6.61 Å². The minimum atomic E-state index is -1.17. The Morgan fingerprint density at radius 3 is 2.22 bits per heavy atom. The zero-order valence-corrected chi connectivity index (χ0v) is 10.4. The van der Waals surface area contributed by atoms with E-state index in [2.05, 4.69) is 0 Å². The van der Waals surface area contributed by atoms with Crippen molar-refractivity contribution < 1.29 is 24.2 Å². The molecule has 0 aliphatic heterocycles. The van der Waals surface area contributed by atoms with E-state index in [0.29, 0.717) is 0 Å². The van der Waals surface area contributed by atoms with Gasteiger partial charge in [-0.3, -0.25) is 0 Å². The highest BCUT2D eigenvalue weighted by atomic mass is 16.6. The van der Waals surface area contributed by atoms with Crippen LogP contribution in [-0.4, -0.2) is 29.9 Å². The van der Waals surface area contributed by atoms with Crippen molar-refractivity contribution in [3.8, 4) is 0 Å². The van der Waals surface area contributed by atoms with E-state index in [0.717, 1.165) is 0 Å². The van der Waals surface area contributed by atoms with Gasteiger partial charge in [0.05, 0.1) is 17.7 Å². The monoisotopic (exact) mass is 252 g/mol. The van der Waals surface area contributed by atoms with Crippen LogP contribution in [0, 0.1) is 0 Å². The molecule has 0 aliphatic carbocycles. The first kappa shape index (κ1) is 14.2. The van der Waals surface area contributed by atoms with Crippen molar-refractivity contribution >= 4 is 11.9 Å². The van der Waals surface area contributed by atoms with Gasteiger partial charge in [0.15, 0.2) is 0 Å². The Bertz CT molecular complexity index is 427. The van der Waals surface area contributed by atoms with E-state index >= 15 is 0 Å². The molecule has 98 valence electrons. The molecule has 0 amide bonds. The summed E-state index contributed by atoms with van der Waals surface area (Å²) in [4.78, 5) is 23.4. The average Bonchev–Trinajstić information content (AvgIpc) is 2.38. The fourth-order valence-corrected chi connectivity index (χ4v) is 1.32. The molecular formula is C13H16O5. The number of benzene rings is 1. The number of carbonyl (C=O) groups excluding carboxylic acids is 2. The zero-order chi connectivity index (χ0) is 13.5. The quantitative estimate of drug-likeness (QED) is 0.638. The number of hydrogen-bond donors (Lipinski definition) is 1. The molecule has 5 heteroatoms. The SMILES string of the molecule is CCOC(=O)c1ccccc1C(=O)OC(O)CC. The summed E-state index contributed by atoms with van der Waals surface area (Å²) in [6.07, 6.45) is -0.888. The van der Waals surface area contributed by atoms with E-state index in [4.69, 9.17) is 9.47 Å². The van der Waals surface area contributed by atoms with Gasteiger partial charge in [-0.1, -0.05) is 19.1 Å². The molecule has 1 unspecified atom stereocenters. The lowest BCUT2D eigenvalue weighted by molar-refractivity contribution is -0.0658. The van der Waals surface area contributed by atoms with Crippen LogP contribution >= 0.6 is 0 Å². The largest absolute Gasteiger partial charge is 0.462 e. The number of aliphatic hydroxyl groups excluding tert-OH is 1. The first-order valence-electron chi connectivity index (χ1n) is 5.75. The summed E-state index contributed by atoms with van der Waals surface area (Å²) in [5.41, 5.74) is 0.219. The lowest BCUT2D eigenvalue weighted by Gasteiger charge is -2.11. The predicted molar refractivity (Wildman–Crippen MR) is 64.1 cm³/mol. The summed E-state index contributed by atoms with van der Waals surface area (Å²) in [5.74, 6) is -1.33. The number of carbonyl (C=O) groups is 2. The highest BCUT2D eigenvalue weighted by Crippen LogP contribution is 2.13. The van der Waals surface area contributed by atoms with Crippen LogP contribution in [0.1, 0.15) is 41.0 Å². The predicted octanol–water partition coefficient (Wildman–Crippen LogP) is 1.75. The number of aliphatic hydroxyl groups is 1. The zero-order valence-electron chi connectivity index (χ0n) is 10.4. The highest BCUT2D eigenvalue weighted by molar-refractivity contribution is 6.03. The molecule has 1 rings (SSSR count). The van der Waals surface area contributed by atoms with E-state index in [1.54, 1.807) is 26.0 Å². The summed E-state index contributed by atoms with van der Waals surface area (Å²) in [7, 11) is 0. The Morgan fingerprint density at radius 2 is 1.72 bits per heavy atom. The summed E-state index contributed by atoms with van der Waals surface area (Å²) in [6, 6.07) is 6.17. The molecule has 0 bridgehead atoms. The van der Waals surface area contributed by atoms with Gasteiger partial charge in [-0.2, -0.15) is 0 Å². The second kappa shape index (κ2) is 6.76. The minimum absolute atomic E-state index is 0.0865. The maximum absolute atomic E-state index is 11.8. The molecule has 0 heterocycles. The van der Waals surface area contributed by atoms with Gasteiger partial charge in [-0.15, -0.1) is 0 Å². The second-order valence-electron chi connectivity index (χ2n) is 3.53. The van der Waals surface area contributed by atoms with Crippen molar-refractivity contribution in [2.24, 2.45) is 0 Å². The Balaban J connectivity index is 2.94. The Morgan fingerprint density at radius 1 is 1.17 bits per heavy atom. The Labute approximate surface area is 105 Å². The lowest BCUT2D eigenvalue weighted by atomic mass is 10.1. The van der Waals surface area contributed by atoms with Crippen LogP contribution in [0.4, 0.5) is 0 Å². The summed E-state index contributed by atoms with van der Waals surface area (Å²) < 4.78 is 9.60. The van der Waals surface area contributed by atoms with Crippen LogP contribution in [0.2, 0.25) is 0 Å². The first-order chi connectivity index (χ1) is 8.60. The molecule has 0 fully saturated rings. The van der Waals surface area contributed by atoms with Gasteiger partial charge >= 0.3 is 11.9 Å². The van der Waals surface area contributed by atoms with Gasteiger partial charge in [0.1, 0.15) is 0 Å². The van der Waals surface area contributed by atoms with Crippen molar-refractivity contribution in [1.29, 1.82) is 0 Å². The van der Waals surface area contributed by atoms with Crippen LogP contribution in [0.25, 0.3) is 0 Å². The average molecular weight is 252 g/mol. The van der Waals surface area contributed by atoms with E-state index in [1.165, 1.54) is 12.1 Å². The molecule has 0 radical (unpaired) electrons. The molecule has 0 aromatic heterocycles.